The number of hydrogen-bond donors (Lipinski definition) is 0. The van der Waals surface area contributed by atoms with Gasteiger partial charge in [-0.05, 0) is 56.5 Å². The van der Waals surface area contributed by atoms with Gasteiger partial charge < -0.3 is 0 Å². The van der Waals surface area contributed by atoms with Gasteiger partial charge in [0, 0.05) is 23.7 Å². The van der Waals surface area contributed by atoms with Gasteiger partial charge in [0.05, 0.1) is 5.69 Å². The summed E-state index contributed by atoms with van der Waals surface area (Å²) >= 11 is 0. The SMILES string of the molecule is C/C(=N\c1cccc(C)c1C)c1cnccc1C. The van der Waals surface area contributed by atoms with Gasteiger partial charge in [-0.15, -0.1) is 0 Å². The molecule has 92 valence electrons. The van der Waals surface area contributed by atoms with Crippen molar-refractivity contribution in [3.63, 3.8) is 0 Å². The van der Waals surface area contributed by atoms with Crippen LogP contribution in [0.1, 0.15) is 29.2 Å². The van der Waals surface area contributed by atoms with E-state index in [9.17, 15) is 0 Å². The summed E-state index contributed by atoms with van der Waals surface area (Å²) in [7, 11) is 0. The quantitative estimate of drug-likeness (QED) is 0.721. The zero-order valence-electron chi connectivity index (χ0n) is 11.4. The van der Waals surface area contributed by atoms with Crippen molar-refractivity contribution in [2.45, 2.75) is 27.7 Å². The lowest BCUT2D eigenvalue weighted by Gasteiger charge is -2.07. The van der Waals surface area contributed by atoms with Crippen LogP contribution in [0.4, 0.5) is 5.69 Å². The predicted octanol–water partition coefficient (Wildman–Crippen LogP) is 4.15. The number of nitrogens with zero attached hydrogens (tertiary/aromatic N) is 2. The Morgan fingerprint density at radius 3 is 2.56 bits per heavy atom. The summed E-state index contributed by atoms with van der Waals surface area (Å²) in [6.07, 6.45) is 3.68. The van der Waals surface area contributed by atoms with Gasteiger partial charge in [0.2, 0.25) is 0 Å². The molecule has 0 radical (unpaired) electrons. The van der Waals surface area contributed by atoms with E-state index < -0.39 is 0 Å². The Labute approximate surface area is 108 Å². The Morgan fingerprint density at radius 2 is 1.83 bits per heavy atom. The van der Waals surface area contributed by atoms with E-state index in [-0.39, 0.29) is 0 Å². The van der Waals surface area contributed by atoms with E-state index in [1.165, 1.54) is 16.7 Å². The summed E-state index contributed by atoms with van der Waals surface area (Å²) in [5, 5.41) is 0. The summed E-state index contributed by atoms with van der Waals surface area (Å²) in [6.45, 7) is 8.33. The molecule has 1 aromatic heterocycles. The average molecular weight is 238 g/mol. The normalized spacial score (nSPS) is 11.7. The number of aromatic nitrogens is 1. The first-order chi connectivity index (χ1) is 8.59. The maximum Gasteiger partial charge on any atom is 0.0664 e. The number of rotatable bonds is 2. The molecule has 2 rings (SSSR count). The van der Waals surface area contributed by atoms with E-state index in [2.05, 4.69) is 37.9 Å². The lowest BCUT2D eigenvalue weighted by atomic mass is 10.1. The fourth-order valence-electron chi connectivity index (χ4n) is 1.94. The van der Waals surface area contributed by atoms with Crippen LogP contribution in [0.3, 0.4) is 0 Å². The van der Waals surface area contributed by atoms with Gasteiger partial charge in [-0.1, -0.05) is 12.1 Å². The monoisotopic (exact) mass is 238 g/mol. The highest BCUT2D eigenvalue weighted by molar-refractivity contribution is 6.01. The first-order valence-electron chi connectivity index (χ1n) is 6.12. The smallest absolute Gasteiger partial charge is 0.0664 e. The van der Waals surface area contributed by atoms with Crippen molar-refractivity contribution in [2.24, 2.45) is 4.99 Å². The van der Waals surface area contributed by atoms with Gasteiger partial charge in [-0.2, -0.15) is 0 Å². The molecule has 1 aromatic carbocycles. The minimum Gasteiger partial charge on any atom is -0.264 e. The number of hydrogen-bond acceptors (Lipinski definition) is 2. The van der Waals surface area contributed by atoms with E-state index in [0.717, 1.165) is 17.0 Å². The van der Waals surface area contributed by atoms with Crippen molar-refractivity contribution in [1.29, 1.82) is 0 Å². The largest absolute Gasteiger partial charge is 0.264 e. The van der Waals surface area contributed by atoms with Gasteiger partial charge >= 0.3 is 0 Å². The Kier molecular flexibility index (Phi) is 3.56. The van der Waals surface area contributed by atoms with Crippen LogP contribution in [0, 0.1) is 20.8 Å². The van der Waals surface area contributed by atoms with Crippen LogP contribution in [0.5, 0.6) is 0 Å². The van der Waals surface area contributed by atoms with Crippen LogP contribution >= 0.6 is 0 Å². The number of aryl methyl sites for hydroxylation is 2. The molecule has 18 heavy (non-hydrogen) atoms. The van der Waals surface area contributed by atoms with Gasteiger partial charge in [-0.3, -0.25) is 9.98 Å². The highest BCUT2D eigenvalue weighted by Gasteiger charge is 2.04. The Bertz CT molecular complexity index is 598. The van der Waals surface area contributed by atoms with Gasteiger partial charge in [0.15, 0.2) is 0 Å². The molecule has 0 aliphatic rings. The summed E-state index contributed by atoms with van der Waals surface area (Å²) < 4.78 is 0. The number of pyridine rings is 1. The summed E-state index contributed by atoms with van der Waals surface area (Å²) in [4.78, 5) is 8.89. The molecule has 0 saturated carbocycles. The second-order valence-electron chi connectivity index (χ2n) is 4.61. The molecule has 2 heteroatoms. The number of aliphatic imine (C=N–C) groups is 1. The van der Waals surface area contributed by atoms with Gasteiger partial charge in [0.1, 0.15) is 0 Å². The maximum atomic E-state index is 4.73. The van der Waals surface area contributed by atoms with Crippen LogP contribution in [-0.4, -0.2) is 10.7 Å². The summed E-state index contributed by atoms with van der Waals surface area (Å²) in [5.41, 5.74) is 6.87. The van der Waals surface area contributed by atoms with Crippen molar-refractivity contribution >= 4 is 11.4 Å². The van der Waals surface area contributed by atoms with Gasteiger partial charge in [-0.25, -0.2) is 0 Å². The Morgan fingerprint density at radius 1 is 1.06 bits per heavy atom. The molecule has 0 N–H and O–H groups in total. The first kappa shape index (κ1) is 12.5. The molecule has 0 atom stereocenters. The molecule has 0 spiro atoms. The van der Waals surface area contributed by atoms with Crippen molar-refractivity contribution in [1.82, 2.24) is 4.98 Å². The molecular weight excluding hydrogens is 220 g/mol. The minimum atomic E-state index is 1.01. The lowest BCUT2D eigenvalue weighted by molar-refractivity contribution is 1.25. The van der Waals surface area contributed by atoms with Crippen LogP contribution in [0.2, 0.25) is 0 Å². The Balaban J connectivity index is 2.45. The molecule has 0 saturated heterocycles. The first-order valence-corrected chi connectivity index (χ1v) is 6.12. The molecule has 0 bridgehead atoms. The van der Waals surface area contributed by atoms with Crippen LogP contribution < -0.4 is 0 Å². The van der Waals surface area contributed by atoms with E-state index in [1.807, 2.05) is 31.5 Å². The van der Waals surface area contributed by atoms with E-state index in [0.29, 0.717) is 0 Å². The van der Waals surface area contributed by atoms with Crippen molar-refractivity contribution in [3.8, 4) is 0 Å². The van der Waals surface area contributed by atoms with E-state index in [1.54, 1.807) is 0 Å². The van der Waals surface area contributed by atoms with Crippen molar-refractivity contribution in [3.05, 3.63) is 58.9 Å². The number of benzene rings is 1. The molecule has 0 amide bonds. The molecule has 0 fully saturated rings. The molecule has 0 aliphatic heterocycles. The predicted molar refractivity (Wildman–Crippen MR) is 76.8 cm³/mol. The standard InChI is InChI=1S/C16H18N2/c1-11-6-5-7-16(13(11)3)18-14(4)15-10-17-9-8-12(15)2/h5-10H,1-4H3/b18-14+. The van der Waals surface area contributed by atoms with E-state index >= 15 is 0 Å². The van der Waals surface area contributed by atoms with E-state index in [4.69, 9.17) is 4.99 Å². The van der Waals surface area contributed by atoms with Crippen molar-refractivity contribution < 1.29 is 0 Å². The maximum absolute atomic E-state index is 4.73. The average Bonchev–Trinajstić information content (AvgIpc) is 2.35. The zero-order valence-corrected chi connectivity index (χ0v) is 11.4. The molecule has 0 aliphatic carbocycles. The fraction of sp³-hybridized carbons (Fsp3) is 0.250. The van der Waals surface area contributed by atoms with Crippen LogP contribution in [-0.2, 0) is 0 Å². The Hall–Kier alpha value is -1.96. The molecule has 0 unspecified atom stereocenters. The third kappa shape index (κ3) is 2.48. The topological polar surface area (TPSA) is 25.2 Å². The summed E-state index contributed by atoms with van der Waals surface area (Å²) in [5.74, 6) is 0. The van der Waals surface area contributed by atoms with Crippen LogP contribution in [0.15, 0.2) is 41.7 Å². The second kappa shape index (κ2) is 5.13. The lowest BCUT2D eigenvalue weighted by Crippen LogP contribution is -1.98. The van der Waals surface area contributed by atoms with Crippen LogP contribution in [0.25, 0.3) is 0 Å². The molecule has 1 heterocycles. The molecule has 2 aromatic rings. The molecular formula is C16H18N2. The third-order valence-electron chi connectivity index (χ3n) is 3.29. The van der Waals surface area contributed by atoms with Gasteiger partial charge in [0.25, 0.3) is 0 Å². The minimum absolute atomic E-state index is 1.01. The third-order valence-corrected chi connectivity index (χ3v) is 3.29. The highest BCUT2D eigenvalue weighted by atomic mass is 14.8. The fourth-order valence-corrected chi connectivity index (χ4v) is 1.94. The second-order valence-corrected chi connectivity index (χ2v) is 4.61. The molecule has 2 nitrogen and oxygen atoms in total. The summed E-state index contributed by atoms with van der Waals surface area (Å²) in [6, 6.07) is 8.22. The van der Waals surface area contributed by atoms with Crippen molar-refractivity contribution in [2.75, 3.05) is 0 Å². The zero-order chi connectivity index (χ0) is 13.1. The highest BCUT2D eigenvalue weighted by Crippen LogP contribution is 2.22.